The molecule has 2 aromatic rings. The van der Waals surface area contributed by atoms with Gasteiger partial charge in [-0.1, -0.05) is 24.3 Å². The van der Waals surface area contributed by atoms with Crippen LogP contribution in [0.5, 0.6) is 0 Å². The quantitative estimate of drug-likeness (QED) is 0.932. The van der Waals surface area contributed by atoms with Gasteiger partial charge in [-0.05, 0) is 41.8 Å². The molecule has 0 atom stereocenters. The molecule has 0 bridgehead atoms. The maximum atomic E-state index is 14.2. The Labute approximate surface area is 116 Å². The minimum absolute atomic E-state index is 0.0574. The van der Waals surface area contributed by atoms with Gasteiger partial charge in [-0.2, -0.15) is 0 Å². The zero-order valence-electron chi connectivity index (χ0n) is 11.1. The molecule has 20 heavy (non-hydrogen) atoms. The molecule has 1 aliphatic rings. The van der Waals surface area contributed by atoms with Crippen molar-refractivity contribution in [2.75, 3.05) is 11.4 Å². The summed E-state index contributed by atoms with van der Waals surface area (Å²) in [5.74, 6) is -1.03. The minimum Gasteiger partial charge on any atom is -0.358 e. The van der Waals surface area contributed by atoms with Crippen molar-refractivity contribution in [3.05, 3.63) is 64.7 Å². The van der Waals surface area contributed by atoms with Crippen LogP contribution < -0.4 is 10.6 Å². The molecule has 0 unspecified atom stereocenters. The third-order valence-corrected chi connectivity index (χ3v) is 3.67. The summed E-state index contributed by atoms with van der Waals surface area (Å²) in [5, 5.41) is 0. The molecule has 2 nitrogen and oxygen atoms in total. The fourth-order valence-corrected chi connectivity index (χ4v) is 2.72. The number of fused-ring (bicyclic) bond motifs is 1. The van der Waals surface area contributed by atoms with Crippen LogP contribution in [0.15, 0.2) is 36.4 Å². The van der Waals surface area contributed by atoms with Crippen LogP contribution in [0.4, 0.5) is 14.5 Å². The summed E-state index contributed by atoms with van der Waals surface area (Å²) in [5.41, 5.74) is 8.33. The highest BCUT2D eigenvalue weighted by molar-refractivity contribution is 5.54. The molecule has 4 heteroatoms. The van der Waals surface area contributed by atoms with E-state index in [1.807, 2.05) is 24.3 Å². The average molecular weight is 274 g/mol. The summed E-state index contributed by atoms with van der Waals surface area (Å²) in [7, 11) is 0. The fraction of sp³-hybridized carbons (Fsp3) is 0.250. The molecule has 0 spiro atoms. The number of hydrogen-bond acceptors (Lipinski definition) is 2. The van der Waals surface area contributed by atoms with Gasteiger partial charge in [-0.25, -0.2) is 8.78 Å². The predicted molar refractivity (Wildman–Crippen MR) is 75.4 cm³/mol. The summed E-state index contributed by atoms with van der Waals surface area (Å²) in [4.78, 5) is 1.74. The standard InChI is InChI=1S/C16H16F2N2/c17-14-7-11(5-6-19)8-15(18)16(14)20-9-12-3-1-2-4-13(12)10-20/h1-4,7-8H,5-6,9-10,19H2. The topological polar surface area (TPSA) is 29.3 Å². The molecule has 0 radical (unpaired) electrons. The van der Waals surface area contributed by atoms with E-state index in [1.54, 1.807) is 4.90 Å². The molecule has 1 aliphatic heterocycles. The van der Waals surface area contributed by atoms with Crippen LogP contribution in [0.3, 0.4) is 0 Å². The molecule has 0 aromatic heterocycles. The lowest BCUT2D eigenvalue weighted by Crippen LogP contribution is -2.18. The van der Waals surface area contributed by atoms with Crippen molar-refractivity contribution in [1.29, 1.82) is 0 Å². The fourth-order valence-electron chi connectivity index (χ4n) is 2.72. The van der Waals surface area contributed by atoms with E-state index in [0.29, 0.717) is 31.6 Å². The first-order valence-corrected chi connectivity index (χ1v) is 6.68. The predicted octanol–water partition coefficient (Wildman–Crippen LogP) is 2.99. The molecular formula is C16H16F2N2. The third-order valence-electron chi connectivity index (χ3n) is 3.67. The molecule has 104 valence electrons. The van der Waals surface area contributed by atoms with Crippen molar-refractivity contribution in [2.24, 2.45) is 5.73 Å². The second kappa shape index (κ2) is 5.21. The Morgan fingerprint density at radius 2 is 1.55 bits per heavy atom. The Hall–Kier alpha value is -1.94. The Morgan fingerprint density at radius 3 is 2.05 bits per heavy atom. The molecule has 0 saturated heterocycles. The molecule has 2 N–H and O–H groups in total. The second-order valence-corrected chi connectivity index (χ2v) is 5.07. The van der Waals surface area contributed by atoms with Crippen molar-refractivity contribution < 1.29 is 8.78 Å². The highest BCUT2D eigenvalue weighted by atomic mass is 19.1. The Balaban J connectivity index is 1.93. The molecule has 0 fully saturated rings. The third kappa shape index (κ3) is 2.27. The van der Waals surface area contributed by atoms with E-state index in [-0.39, 0.29) is 5.69 Å². The Morgan fingerprint density at radius 1 is 1.00 bits per heavy atom. The number of nitrogens with zero attached hydrogens (tertiary/aromatic N) is 1. The molecule has 2 aromatic carbocycles. The lowest BCUT2D eigenvalue weighted by Gasteiger charge is -2.20. The normalized spacial score (nSPS) is 13.7. The maximum Gasteiger partial charge on any atom is 0.149 e. The molecular weight excluding hydrogens is 258 g/mol. The van der Waals surface area contributed by atoms with Gasteiger partial charge in [0.05, 0.1) is 0 Å². The van der Waals surface area contributed by atoms with Crippen LogP contribution in [0, 0.1) is 11.6 Å². The Kier molecular flexibility index (Phi) is 3.40. The van der Waals surface area contributed by atoms with Gasteiger partial charge in [0.2, 0.25) is 0 Å². The van der Waals surface area contributed by atoms with Crippen molar-refractivity contribution >= 4 is 5.69 Å². The van der Waals surface area contributed by atoms with Crippen molar-refractivity contribution in [3.63, 3.8) is 0 Å². The SMILES string of the molecule is NCCc1cc(F)c(N2Cc3ccccc3C2)c(F)c1. The van der Waals surface area contributed by atoms with Gasteiger partial charge in [0.15, 0.2) is 0 Å². The van der Waals surface area contributed by atoms with E-state index in [0.717, 1.165) is 11.1 Å². The number of nitrogens with two attached hydrogens (primary N) is 1. The van der Waals surface area contributed by atoms with Gasteiger partial charge in [-0.3, -0.25) is 0 Å². The molecule has 0 aliphatic carbocycles. The van der Waals surface area contributed by atoms with Gasteiger partial charge < -0.3 is 10.6 Å². The van der Waals surface area contributed by atoms with Gasteiger partial charge >= 0.3 is 0 Å². The zero-order chi connectivity index (χ0) is 14.1. The number of rotatable bonds is 3. The molecule has 0 amide bonds. The van der Waals surface area contributed by atoms with Crippen LogP contribution in [0.1, 0.15) is 16.7 Å². The second-order valence-electron chi connectivity index (χ2n) is 5.07. The van der Waals surface area contributed by atoms with Crippen molar-refractivity contribution in [3.8, 4) is 0 Å². The number of halogens is 2. The molecule has 3 rings (SSSR count). The molecule has 0 saturated carbocycles. The van der Waals surface area contributed by atoms with E-state index in [1.165, 1.54) is 12.1 Å². The largest absolute Gasteiger partial charge is 0.358 e. The first kappa shape index (κ1) is 13.1. The van der Waals surface area contributed by atoms with Gasteiger partial charge in [-0.15, -0.1) is 0 Å². The monoisotopic (exact) mass is 274 g/mol. The van der Waals surface area contributed by atoms with Crippen LogP contribution >= 0.6 is 0 Å². The van der Waals surface area contributed by atoms with Crippen LogP contribution in [-0.4, -0.2) is 6.54 Å². The van der Waals surface area contributed by atoms with Gasteiger partial charge in [0.1, 0.15) is 17.3 Å². The van der Waals surface area contributed by atoms with E-state index in [2.05, 4.69) is 0 Å². The van der Waals surface area contributed by atoms with E-state index < -0.39 is 11.6 Å². The first-order valence-electron chi connectivity index (χ1n) is 6.68. The highest BCUT2D eigenvalue weighted by Gasteiger charge is 2.24. The lowest BCUT2D eigenvalue weighted by molar-refractivity contribution is 0.569. The molecule has 1 heterocycles. The zero-order valence-corrected chi connectivity index (χ0v) is 11.1. The van der Waals surface area contributed by atoms with Gasteiger partial charge in [0, 0.05) is 13.1 Å². The van der Waals surface area contributed by atoms with E-state index in [9.17, 15) is 8.78 Å². The maximum absolute atomic E-state index is 14.2. The van der Waals surface area contributed by atoms with Crippen LogP contribution in [0.2, 0.25) is 0 Å². The van der Waals surface area contributed by atoms with E-state index in [4.69, 9.17) is 5.73 Å². The summed E-state index contributed by atoms with van der Waals surface area (Å²) in [6.45, 7) is 1.47. The van der Waals surface area contributed by atoms with Crippen LogP contribution in [-0.2, 0) is 19.5 Å². The van der Waals surface area contributed by atoms with Crippen molar-refractivity contribution in [2.45, 2.75) is 19.5 Å². The number of hydrogen-bond donors (Lipinski definition) is 1. The minimum atomic E-state index is -0.513. The highest BCUT2D eigenvalue weighted by Crippen LogP contribution is 2.32. The average Bonchev–Trinajstić information content (AvgIpc) is 2.81. The van der Waals surface area contributed by atoms with Crippen molar-refractivity contribution in [1.82, 2.24) is 0 Å². The van der Waals surface area contributed by atoms with Gasteiger partial charge in [0.25, 0.3) is 0 Å². The summed E-state index contributed by atoms with van der Waals surface area (Å²) in [6.07, 6.45) is 0.481. The smallest absolute Gasteiger partial charge is 0.149 e. The summed E-state index contributed by atoms with van der Waals surface area (Å²) in [6, 6.07) is 10.6. The number of benzene rings is 2. The number of anilines is 1. The summed E-state index contributed by atoms with van der Waals surface area (Å²) >= 11 is 0. The van der Waals surface area contributed by atoms with E-state index >= 15 is 0 Å². The Bertz CT molecular complexity index is 592. The lowest BCUT2D eigenvalue weighted by atomic mass is 10.1. The first-order chi connectivity index (χ1) is 9.69. The van der Waals surface area contributed by atoms with Crippen LogP contribution in [0.25, 0.3) is 0 Å². The summed E-state index contributed by atoms with van der Waals surface area (Å²) < 4.78 is 28.4.